The van der Waals surface area contributed by atoms with Crippen molar-refractivity contribution in [3.05, 3.63) is 88.9 Å². The topological polar surface area (TPSA) is 130 Å². The first kappa shape index (κ1) is 30.1. The molecular weight excluding hydrogens is 560 g/mol. The lowest BCUT2D eigenvalue weighted by Crippen LogP contribution is -2.30. The molecule has 0 fully saturated rings. The molecule has 3 N–H and O–H groups in total. The van der Waals surface area contributed by atoms with Crippen LogP contribution >= 0.6 is 11.3 Å². The van der Waals surface area contributed by atoms with Crippen LogP contribution in [0.2, 0.25) is 0 Å². The highest BCUT2D eigenvalue weighted by atomic mass is 32.2. The molecule has 0 aliphatic heterocycles. The van der Waals surface area contributed by atoms with E-state index in [4.69, 9.17) is 10.7 Å². The number of nitrogens with zero attached hydrogens (tertiary/aromatic N) is 4. The van der Waals surface area contributed by atoms with Crippen LogP contribution in [0.15, 0.2) is 82.8 Å². The van der Waals surface area contributed by atoms with Gasteiger partial charge in [0.15, 0.2) is 5.84 Å². The van der Waals surface area contributed by atoms with Gasteiger partial charge in [0.1, 0.15) is 5.01 Å². The Kier molecular flexibility index (Phi) is 9.71. The Labute approximate surface area is 244 Å². The number of likely N-dealkylation sites (N-methyl/N-ethyl adjacent to an activating group) is 2. The van der Waals surface area contributed by atoms with Crippen molar-refractivity contribution >= 4 is 49.1 Å². The zero-order valence-corrected chi connectivity index (χ0v) is 25.1. The van der Waals surface area contributed by atoms with Gasteiger partial charge in [-0.1, -0.05) is 47.6 Å². The molecule has 10 nitrogen and oxygen atoms in total. The normalized spacial score (nSPS) is 13.0. The van der Waals surface area contributed by atoms with E-state index in [1.165, 1.54) is 18.3 Å². The molecule has 0 bridgehead atoms. The van der Waals surface area contributed by atoms with Gasteiger partial charge >= 0.3 is 5.97 Å². The van der Waals surface area contributed by atoms with Crippen LogP contribution < -0.4 is 15.4 Å². The van der Waals surface area contributed by atoms with Crippen LogP contribution in [0.5, 0.6) is 0 Å². The summed E-state index contributed by atoms with van der Waals surface area (Å²) in [6.45, 7) is 2.95. The van der Waals surface area contributed by atoms with Gasteiger partial charge in [-0.25, -0.2) is 22.9 Å². The van der Waals surface area contributed by atoms with Gasteiger partial charge in [0, 0.05) is 32.6 Å². The number of nitrogens with one attached hydrogen (secondary N) is 1. The molecule has 1 heterocycles. The molecule has 0 saturated carbocycles. The van der Waals surface area contributed by atoms with Crippen LogP contribution in [0.4, 0.5) is 5.69 Å². The molecule has 0 aliphatic carbocycles. The smallest absolute Gasteiger partial charge is 0.332 e. The number of hydrogen-bond donors (Lipinski definition) is 2. The Morgan fingerprint density at radius 3 is 2.49 bits per heavy atom. The number of anilines is 1. The van der Waals surface area contributed by atoms with Crippen LogP contribution in [-0.4, -0.2) is 64.3 Å². The zero-order chi connectivity index (χ0) is 29.6. The van der Waals surface area contributed by atoms with E-state index in [2.05, 4.69) is 30.6 Å². The molecule has 1 unspecified atom stereocenters. The van der Waals surface area contributed by atoms with E-state index in [1.807, 2.05) is 39.3 Å². The maximum atomic E-state index is 13.4. The molecule has 12 heteroatoms. The fourth-order valence-corrected chi connectivity index (χ4v) is 6.65. The number of fused-ring (bicyclic) bond motifs is 1. The van der Waals surface area contributed by atoms with Crippen LogP contribution in [0.1, 0.15) is 29.1 Å². The predicted molar refractivity (Wildman–Crippen MR) is 164 cm³/mol. The Bertz CT molecular complexity index is 1640. The van der Waals surface area contributed by atoms with Crippen LogP contribution in [-0.2, 0) is 26.1 Å². The molecule has 4 rings (SSSR count). The molecule has 0 aliphatic rings. The minimum absolute atomic E-state index is 0.0360. The monoisotopic (exact) mass is 594 g/mol. The number of benzene rings is 3. The van der Waals surface area contributed by atoms with Crippen molar-refractivity contribution < 1.29 is 18.0 Å². The van der Waals surface area contributed by atoms with Crippen molar-refractivity contribution in [2.75, 3.05) is 39.1 Å². The Balaban J connectivity index is 1.72. The van der Waals surface area contributed by atoms with Gasteiger partial charge in [0.2, 0.25) is 10.0 Å². The second-order valence-electron chi connectivity index (χ2n) is 9.85. The first-order valence-corrected chi connectivity index (χ1v) is 15.3. The lowest BCUT2D eigenvalue weighted by Gasteiger charge is -2.22. The van der Waals surface area contributed by atoms with Crippen LogP contribution in [0.25, 0.3) is 10.2 Å². The van der Waals surface area contributed by atoms with Gasteiger partial charge in [0.05, 0.1) is 26.8 Å². The van der Waals surface area contributed by atoms with Gasteiger partial charge in [-0.3, -0.25) is 0 Å². The molecule has 216 valence electrons. The minimum Gasteiger partial charge on any atom is -0.380 e. The van der Waals surface area contributed by atoms with E-state index in [1.54, 1.807) is 48.5 Å². The SMILES string of the molecule is CC(=O)ON=C(N)c1cccc(CC(NS(=O)(=O)c2ccccc2)c2nc3cccc(N(C)CCN(C)C)c3s2)c1. The molecule has 3 aromatic carbocycles. The number of oxime groups is 1. The van der Waals surface area contributed by atoms with Crippen molar-refractivity contribution in [3.8, 4) is 0 Å². The summed E-state index contributed by atoms with van der Waals surface area (Å²) in [6.07, 6.45) is 0.298. The molecule has 0 spiro atoms. The van der Waals surface area contributed by atoms with E-state index in [9.17, 15) is 13.2 Å². The molecule has 1 atom stereocenters. The van der Waals surface area contributed by atoms with Crippen molar-refractivity contribution in [2.45, 2.75) is 24.3 Å². The van der Waals surface area contributed by atoms with Gasteiger partial charge < -0.3 is 20.4 Å². The number of aromatic nitrogens is 1. The summed E-state index contributed by atoms with van der Waals surface area (Å²) in [5, 5.41) is 4.31. The number of nitrogens with two attached hydrogens (primary N) is 1. The molecular formula is C29H34N6O4S2. The highest BCUT2D eigenvalue weighted by molar-refractivity contribution is 7.89. The summed E-state index contributed by atoms with van der Waals surface area (Å²) in [6, 6.07) is 20.7. The zero-order valence-electron chi connectivity index (χ0n) is 23.4. The molecule has 0 saturated heterocycles. The third kappa shape index (κ3) is 7.88. The molecule has 0 radical (unpaired) electrons. The standard InChI is InChI=1S/C29H34N6O4S2/c1-20(36)39-32-28(30)22-11-8-10-21(18-22)19-25(33-41(37,38)23-12-6-5-7-13-23)29-31-24-14-9-15-26(27(24)40-29)35(4)17-16-34(2)3/h5-15,18,25,33H,16-17,19H2,1-4H3,(H2,30,32). The number of thiazole rings is 1. The van der Waals surface area contributed by atoms with E-state index in [0.717, 1.165) is 34.6 Å². The molecule has 0 amide bonds. The Hall–Kier alpha value is -3.84. The molecule has 4 aromatic rings. The summed E-state index contributed by atoms with van der Waals surface area (Å²) in [5.74, 6) is -0.545. The first-order valence-electron chi connectivity index (χ1n) is 13.0. The predicted octanol–water partition coefficient (Wildman–Crippen LogP) is 3.74. The average Bonchev–Trinajstić information content (AvgIpc) is 3.39. The maximum Gasteiger partial charge on any atom is 0.332 e. The summed E-state index contributed by atoms with van der Waals surface area (Å²) < 4.78 is 30.7. The maximum absolute atomic E-state index is 13.4. The molecule has 1 aromatic heterocycles. The third-order valence-corrected chi connectivity index (χ3v) is 8.98. The lowest BCUT2D eigenvalue weighted by atomic mass is 10.0. The number of carbonyl (C=O) groups is 1. The van der Waals surface area contributed by atoms with E-state index >= 15 is 0 Å². The minimum atomic E-state index is -3.86. The van der Waals surface area contributed by atoms with Crippen molar-refractivity contribution in [1.82, 2.24) is 14.6 Å². The number of hydrogen-bond acceptors (Lipinski definition) is 9. The van der Waals surface area contributed by atoms with Gasteiger partial charge in [0.25, 0.3) is 0 Å². The van der Waals surface area contributed by atoms with E-state index in [-0.39, 0.29) is 10.7 Å². The second-order valence-corrected chi connectivity index (χ2v) is 12.6. The summed E-state index contributed by atoms with van der Waals surface area (Å²) in [4.78, 5) is 25.2. The quantitative estimate of drug-likeness (QED) is 0.110. The fraction of sp³-hybridized carbons (Fsp3) is 0.276. The highest BCUT2D eigenvalue weighted by Gasteiger charge is 2.25. The third-order valence-electron chi connectivity index (χ3n) is 6.29. The van der Waals surface area contributed by atoms with Gasteiger partial charge in [-0.05, 0) is 56.4 Å². The first-order chi connectivity index (χ1) is 19.5. The lowest BCUT2D eigenvalue weighted by molar-refractivity contribution is -0.140. The highest BCUT2D eigenvalue weighted by Crippen LogP contribution is 2.35. The molecule has 41 heavy (non-hydrogen) atoms. The van der Waals surface area contributed by atoms with Gasteiger partial charge in [-0.15, -0.1) is 11.3 Å². The number of amidine groups is 1. The average molecular weight is 595 g/mol. The van der Waals surface area contributed by atoms with Crippen LogP contribution in [0.3, 0.4) is 0 Å². The van der Waals surface area contributed by atoms with E-state index in [0.29, 0.717) is 17.0 Å². The summed E-state index contributed by atoms with van der Waals surface area (Å²) in [7, 11) is 2.25. The summed E-state index contributed by atoms with van der Waals surface area (Å²) in [5.41, 5.74) is 9.19. The number of carbonyl (C=O) groups excluding carboxylic acids is 1. The van der Waals surface area contributed by atoms with Crippen LogP contribution in [0, 0.1) is 0 Å². The van der Waals surface area contributed by atoms with Gasteiger partial charge in [-0.2, -0.15) is 0 Å². The fourth-order valence-electron chi connectivity index (χ4n) is 4.17. The Morgan fingerprint density at radius 1 is 1.05 bits per heavy atom. The Morgan fingerprint density at radius 2 is 1.78 bits per heavy atom. The van der Waals surface area contributed by atoms with Crippen molar-refractivity contribution in [3.63, 3.8) is 0 Å². The summed E-state index contributed by atoms with van der Waals surface area (Å²) >= 11 is 1.47. The second kappa shape index (κ2) is 13.2. The largest absolute Gasteiger partial charge is 0.380 e. The van der Waals surface area contributed by atoms with E-state index < -0.39 is 22.0 Å². The van der Waals surface area contributed by atoms with Crippen molar-refractivity contribution in [2.24, 2.45) is 10.9 Å². The number of sulfonamides is 1. The number of rotatable bonds is 12. The van der Waals surface area contributed by atoms with Crippen molar-refractivity contribution in [1.29, 1.82) is 0 Å².